The van der Waals surface area contributed by atoms with Crippen molar-refractivity contribution in [2.75, 3.05) is 11.4 Å². The highest BCUT2D eigenvalue weighted by Gasteiger charge is 2.25. The third-order valence-corrected chi connectivity index (χ3v) is 3.54. The quantitative estimate of drug-likeness (QED) is 0.890. The number of hydrogen-bond donors (Lipinski definition) is 1. The maximum Gasteiger partial charge on any atom is 0.243 e. The van der Waals surface area contributed by atoms with Crippen LogP contribution < -0.4 is 10.6 Å². The van der Waals surface area contributed by atoms with Crippen LogP contribution in [-0.2, 0) is 11.2 Å². The highest BCUT2D eigenvalue weighted by molar-refractivity contribution is 5.98. The average molecular weight is 246 g/mol. The van der Waals surface area contributed by atoms with Gasteiger partial charge in [-0.25, -0.2) is 0 Å². The van der Waals surface area contributed by atoms with Crippen molar-refractivity contribution in [2.24, 2.45) is 5.73 Å². The highest BCUT2D eigenvalue weighted by atomic mass is 16.2. The SMILES string of the molecule is CCCC(N)C(=O)N1CCCc2cc(C)ccc21. The van der Waals surface area contributed by atoms with E-state index in [1.807, 2.05) is 4.90 Å². The Morgan fingerprint density at radius 2 is 2.28 bits per heavy atom. The van der Waals surface area contributed by atoms with Gasteiger partial charge in [0.05, 0.1) is 6.04 Å². The van der Waals surface area contributed by atoms with E-state index in [2.05, 4.69) is 32.0 Å². The molecule has 0 fully saturated rings. The standard InChI is InChI=1S/C15H22N2O/c1-3-5-13(16)15(18)17-9-4-6-12-10-11(2)7-8-14(12)17/h7-8,10,13H,3-6,9,16H2,1-2H3. The summed E-state index contributed by atoms with van der Waals surface area (Å²) < 4.78 is 0. The number of carbonyl (C=O) groups excluding carboxylic acids is 1. The van der Waals surface area contributed by atoms with E-state index >= 15 is 0 Å². The second-order valence-corrected chi connectivity index (χ2v) is 5.12. The van der Waals surface area contributed by atoms with Crippen LogP contribution in [0.25, 0.3) is 0 Å². The summed E-state index contributed by atoms with van der Waals surface area (Å²) in [5.74, 6) is 0.0710. The first-order valence-corrected chi connectivity index (χ1v) is 6.80. The van der Waals surface area contributed by atoms with Gasteiger partial charge in [0, 0.05) is 12.2 Å². The van der Waals surface area contributed by atoms with E-state index in [0.717, 1.165) is 37.9 Å². The van der Waals surface area contributed by atoms with Gasteiger partial charge in [0.15, 0.2) is 0 Å². The molecule has 1 heterocycles. The van der Waals surface area contributed by atoms with E-state index in [1.165, 1.54) is 11.1 Å². The molecule has 18 heavy (non-hydrogen) atoms. The first-order chi connectivity index (χ1) is 8.63. The van der Waals surface area contributed by atoms with E-state index in [9.17, 15) is 4.79 Å². The predicted molar refractivity (Wildman–Crippen MR) is 74.7 cm³/mol. The molecule has 1 aliphatic rings. The Kier molecular flexibility index (Phi) is 4.02. The van der Waals surface area contributed by atoms with Gasteiger partial charge >= 0.3 is 0 Å². The molecule has 2 N–H and O–H groups in total. The lowest BCUT2D eigenvalue weighted by atomic mass is 9.98. The van der Waals surface area contributed by atoms with Gasteiger partial charge in [0.2, 0.25) is 5.91 Å². The van der Waals surface area contributed by atoms with E-state index in [4.69, 9.17) is 5.73 Å². The van der Waals surface area contributed by atoms with E-state index in [0.29, 0.717) is 0 Å². The third kappa shape index (κ3) is 2.56. The van der Waals surface area contributed by atoms with E-state index in [1.54, 1.807) is 0 Å². The minimum Gasteiger partial charge on any atom is -0.320 e. The normalized spacial score (nSPS) is 16.3. The number of amides is 1. The van der Waals surface area contributed by atoms with Crippen LogP contribution in [0, 0.1) is 6.92 Å². The molecule has 1 aromatic carbocycles. The van der Waals surface area contributed by atoms with Gasteiger partial charge in [0.25, 0.3) is 0 Å². The van der Waals surface area contributed by atoms with Gasteiger partial charge < -0.3 is 10.6 Å². The maximum atomic E-state index is 12.3. The minimum absolute atomic E-state index is 0.0710. The van der Waals surface area contributed by atoms with Crippen LogP contribution in [0.4, 0.5) is 5.69 Å². The molecule has 0 aromatic heterocycles. The molecular formula is C15H22N2O. The molecule has 0 saturated carbocycles. The first-order valence-electron chi connectivity index (χ1n) is 6.80. The molecule has 2 rings (SSSR count). The lowest BCUT2D eigenvalue weighted by molar-refractivity contribution is -0.120. The second kappa shape index (κ2) is 5.53. The van der Waals surface area contributed by atoms with Crippen LogP contribution >= 0.6 is 0 Å². The van der Waals surface area contributed by atoms with E-state index in [-0.39, 0.29) is 11.9 Å². The second-order valence-electron chi connectivity index (χ2n) is 5.12. The molecule has 98 valence electrons. The number of nitrogens with zero attached hydrogens (tertiary/aromatic N) is 1. The molecule has 1 amide bonds. The van der Waals surface area contributed by atoms with Crippen LogP contribution in [-0.4, -0.2) is 18.5 Å². The van der Waals surface area contributed by atoms with Crippen molar-refractivity contribution in [1.29, 1.82) is 0 Å². The molecule has 1 aliphatic heterocycles. The summed E-state index contributed by atoms with van der Waals surface area (Å²) in [4.78, 5) is 14.2. The lowest BCUT2D eigenvalue weighted by Gasteiger charge is -2.31. The Morgan fingerprint density at radius 1 is 1.50 bits per heavy atom. The molecule has 1 aromatic rings. The number of nitrogens with two attached hydrogens (primary N) is 1. The fourth-order valence-corrected chi connectivity index (χ4v) is 2.59. The smallest absolute Gasteiger partial charge is 0.243 e. The van der Waals surface area contributed by atoms with Crippen LogP contribution in [0.1, 0.15) is 37.3 Å². The molecule has 0 bridgehead atoms. The number of carbonyl (C=O) groups is 1. The monoisotopic (exact) mass is 246 g/mol. The third-order valence-electron chi connectivity index (χ3n) is 3.54. The van der Waals surface area contributed by atoms with Gasteiger partial charge in [-0.2, -0.15) is 0 Å². The number of rotatable bonds is 3. The number of fused-ring (bicyclic) bond motifs is 1. The zero-order valence-electron chi connectivity index (χ0n) is 11.3. The number of benzene rings is 1. The molecular weight excluding hydrogens is 224 g/mol. The summed E-state index contributed by atoms with van der Waals surface area (Å²) in [6.45, 7) is 4.94. The molecule has 1 unspecified atom stereocenters. The number of anilines is 1. The van der Waals surface area contributed by atoms with Crippen molar-refractivity contribution in [2.45, 2.75) is 45.6 Å². The number of hydrogen-bond acceptors (Lipinski definition) is 2. The summed E-state index contributed by atoms with van der Waals surface area (Å²) in [7, 11) is 0. The Balaban J connectivity index is 2.24. The minimum atomic E-state index is -0.359. The lowest BCUT2D eigenvalue weighted by Crippen LogP contribution is -2.46. The fraction of sp³-hybridized carbons (Fsp3) is 0.533. The molecule has 0 spiro atoms. The van der Waals surface area contributed by atoms with Crippen molar-refractivity contribution in [3.8, 4) is 0 Å². The highest BCUT2D eigenvalue weighted by Crippen LogP contribution is 2.28. The van der Waals surface area contributed by atoms with Crippen molar-refractivity contribution in [1.82, 2.24) is 0 Å². The van der Waals surface area contributed by atoms with Crippen molar-refractivity contribution in [3.63, 3.8) is 0 Å². The zero-order chi connectivity index (χ0) is 13.1. The predicted octanol–water partition coefficient (Wildman–Crippen LogP) is 2.40. The van der Waals surface area contributed by atoms with Gasteiger partial charge in [-0.15, -0.1) is 0 Å². The summed E-state index contributed by atoms with van der Waals surface area (Å²) in [5.41, 5.74) is 9.54. The van der Waals surface area contributed by atoms with Crippen LogP contribution in [0.3, 0.4) is 0 Å². The van der Waals surface area contributed by atoms with Crippen molar-refractivity contribution < 1.29 is 4.79 Å². The van der Waals surface area contributed by atoms with Gasteiger partial charge in [-0.1, -0.05) is 31.0 Å². The fourth-order valence-electron chi connectivity index (χ4n) is 2.59. The summed E-state index contributed by atoms with van der Waals surface area (Å²) in [6.07, 6.45) is 3.79. The van der Waals surface area contributed by atoms with Crippen LogP contribution in [0.15, 0.2) is 18.2 Å². The van der Waals surface area contributed by atoms with Gasteiger partial charge in [-0.05, 0) is 37.8 Å². The Labute approximate surface area is 109 Å². The molecule has 3 nitrogen and oxygen atoms in total. The van der Waals surface area contributed by atoms with Crippen LogP contribution in [0.5, 0.6) is 0 Å². The van der Waals surface area contributed by atoms with E-state index < -0.39 is 0 Å². The topological polar surface area (TPSA) is 46.3 Å². The first kappa shape index (κ1) is 13.1. The Hall–Kier alpha value is -1.35. The van der Waals surface area contributed by atoms with Gasteiger partial charge in [0.1, 0.15) is 0 Å². The molecule has 0 radical (unpaired) electrons. The number of aryl methyl sites for hydroxylation is 2. The average Bonchev–Trinajstić information content (AvgIpc) is 2.37. The summed E-state index contributed by atoms with van der Waals surface area (Å²) >= 11 is 0. The van der Waals surface area contributed by atoms with Gasteiger partial charge in [-0.3, -0.25) is 4.79 Å². The zero-order valence-corrected chi connectivity index (χ0v) is 11.3. The van der Waals surface area contributed by atoms with Crippen molar-refractivity contribution >= 4 is 11.6 Å². The van der Waals surface area contributed by atoms with Crippen molar-refractivity contribution in [3.05, 3.63) is 29.3 Å². The van der Waals surface area contributed by atoms with Crippen LogP contribution in [0.2, 0.25) is 0 Å². The molecule has 0 saturated heterocycles. The Bertz CT molecular complexity index is 442. The molecule has 3 heteroatoms. The summed E-state index contributed by atoms with van der Waals surface area (Å²) in [5, 5.41) is 0. The summed E-state index contributed by atoms with van der Waals surface area (Å²) in [6, 6.07) is 5.94. The maximum absolute atomic E-state index is 12.3. The molecule has 1 atom stereocenters. The molecule has 0 aliphatic carbocycles. The largest absolute Gasteiger partial charge is 0.320 e. The Morgan fingerprint density at radius 3 is 3.00 bits per heavy atom.